The van der Waals surface area contributed by atoms with Crippen molar-refractivity contribution in [3.05, 3.63) is 28.8 Å². The van der Waals surface area contributed by atoms with Crippen LogP contribution in [0.2, 0.25) is 0 Å². The van der Waals surface area contributed by atoms with E-state index in [1.165, 1.54) is 30.5 Å². The smallest absolute Gasteiger partial charge is 0.163 e. The highest BCUT2D eigenvalue weighted by atomic mass is 16.5. The second-order valence-corrected chi connectivity index (χ2v) is 10.2. The standard InChI is InChI=1S/C23H30NO3/c1-14(25)17-8-7-16-12-18-23(26)9-3-4-19-22(23,20(16)21(17)27-19)10-11-24(18,2)13-15-5-6-15/h7-8,15,18-19,26H,3-6,9-13H2,1-2H3/q+1/t18-,19+,22-,23-,24?/m1/s1. The Kier molecular flexibility index (Phi) is 3.04. The van der Waals surface area contributed by atoms with Crippen molar-refractivity contribution in [2.24, 2.45) is 5.92 Å². The number of likely N-dealkylation sites (N-methyl/N-ethyl adjacent to an activating group) is 1. The Morgan fingerprint density at radius 3 is 2.85 bits per heavy atom. The van der Waals surface area contributed by atoms with E-state index < -0.39 is 5.60 Å². The molecule has 0 amide bonds. The molecular weight excluding hydrogens is 338 g/mol. The molecule has 1 unspecified atom stereocenters. The molecule has 1 aromatic rings. The number of carbonyl (C=O) groups excluding carboxylic acids is 1. The normalized spacial score (nSPS) is 43.8. The van der Waals surface area contributed by atoms with E-state index in [4.69, 9.17) is 4.74 Å². The Labute approximate surface area is 161 Å². The minimum Gasteiger partial charge on any atom is -0.488 e. The first-order valence-electron chi connectivity index (χ1n) is 10.8. The van der Waals surface area contributed by atoms with E-state index >= 15 is 0 Å². The fourth-order valence-electron chi connectivity index (χ4n) is 7.44. The van der Waals surface area contributed by atoms with Crippen LogP contribution >= 0.6 is 0 Å². The largest absolute Gasteiger partial charge is 0.488 e. The number of nitrogens with zero attached hydrogens (tertiary/aromatic N) is 1. The Morgan fingerprint density at radius 2 is 2.11 bits per heavy atom. The Bertz CT molecular complexity index is 861. The lowest BCUT2D eigenvalue weighted by atomic mass is 9.48. The number of aliphatic hydroxyl groups is 1. The molecule has 2 aliphatic heterocycles. The van der Waals surface area contributed by atoms with Gasteiger partial charge in [0.15, 0.2) is 5.78 Å². The van der Waals surface area contributed by atoms with E-state index in [2.05, 4.69) is 13.1 Å². The van der Waals surface area contributed by atoms with Gasteiger partial charge in [0, 0.05) is 24.3 Å². The lowest BCUT2D eigenvalue weighted by Gasteiger charge is -2.64. The van der Waals surface area contributed by atoms with Crippen LogP contribution in [0.4, 0.5) is 0 Å². The summed E-state index contributed by atoms with van der Waals surface area (Å²) in [7, 11) is 2.39. The molecule has 2 saturated carbocycles. The summed E-state index contributed by atoms with van der Waals surface area (Å²) in [5.41, 5.74) is 2.24. The zero-order chi connectivity index (χ0) is 18.6. The van der Waals surface area contributed by atoms with Gasteiger partial charge in [-0.25, -0.2) is 0 Å². The van der Waals surface area contributed by atoms with Gasteiger partial charge in [0.1, 0.15) is 23.5 Å². The first kappa shape index (κ1) is 16.6. The maximum Gasteiger partial charge on any atom is 0.163 e. The molecule has 3 aliphatic carbocycles. The van der Waals surface area contributed by atoms with Crippen LogP contribution < -0.4 is 4.74 Å². The molecule has 6 rings (SSSR count). The SMILES string of the molecule is CC(=O)c1ccc2c3c1O[C@H]1CCC[C@@]4(O)[C@@H](C2)[N+](C)(CC2CC2)CC[C@]314. The minimum absolute atomic E-state index is 0.0305. The maximum atomic E-state index is 12.3. The Balaban J connectivity index is 1.58. The van der Waals surface area contributed by atoms with Crippen molar-refractivity contribution >= 4 is 5.78 Å². The molecule has 1 N–H and O–H groups in total. The average Bonchev–Trinajstić information content (AvgIpc) is 3.35. The lowest BCUT2D eigenvalue weighted by molar-refractivity contribution is -0.950. The zero-order valence-electron chi connectivity index (χ0n) is 16.5. The van der Waals surface area contributed by atoms with Crippen molar-refractivity contribution in [1.29, 1.82) is 0 Å². The third-order valence-corrected chi connectivity index (χ3v) is 8.78. The number of ether oxygens (including phenoxy) is 1. The van der Waals surface area contributed by atoms with Gasteiger partial charge in [-0.2, -0.15) is 0 Å². The number of piperidine rings is 1. The highest BCUT2D eigenvalue weighted by Gasteiger charge is 2.74. The molecule has 3 fully saturated rings. The molecule has 4 nitrogen and oxygen atoms in total. The van der Waals surface area contributed by atoms with Gasteiger partial charge in [0.05, 0.1) is 31.1 Å². The van der Waals surface area contributed by atoms with E-state index in [9.17, 15) is 9.90 Å². The molecule has 5 aliphatic rings. The second kappa shape index (κ2) is 4.96. The third kappa shape index (κ3) is 1.84. The fraction of sp³-hybridized carbons (Fsp3) is 0.696. The van der Waals surface area contributed by atoms with Crippen LogP contribution in [0.15, 0.2) is 12.1 Å². The molecule has 1 saturated heterocycles. The summed E-state index contributed by atoms with van der Waals surface area (Å²) in [6.07, 6.45) is 7.53. The summed E-state index contributed by atoms with van der Waals surface area (Å²) < 4.78 is 7.52. The summed E-state index contributed by atoms with van der Waals surface area (Å²) in [5, 5.41) is 12.3. The first-order valence-corrected chi connectivity index (χ1v) is 10.8. The topological polar surface area (TPSA) is 46.5 Å². The van der Waals surface area contributed by atoms with Gasteiger partial charge >= 0.3 is 0 Å². The van der Waals surface area contributed by atoms with Crippen molar-refractivity contribution in [3.8, 4) is 5.75 Å². The Hall–Kier alpha value is -1.39. The summed E-state index contributed by atoms with van der Waals surface area (Å²) in [6, 6.07) is 4.38. The second-order valence-electron chi connectivity index (χ2n) is 10.2. The van der Waals surface area contributed by atoms with E-state index in [0.29, 0.717) is 5.56 Å². The van der Waals surface area contributed by atoms with Crippen LogP contribution in [-0.4, -0.2) is 53.3 Å². The molecule has 2 heterocycles. The molecule has 5 atom stereocenters. The number of ketones is 1. The van der Waals surface area contributed by atoms with Gasteiger partial charge < -0.3 is 14.3 Å². The lowest BCUT2D eigenvalue weighted by Crippen LogP contribution is -2.79. The highest BCUT2D eigenvalue weighted by Crippen LogP contribution is 2.65. The molecule has 1 aromatic carbocycles. The summed E-state index contributed by atoms with van der Waals surface area (Å²) in [5.74, 6) is 1.73. The van der Waals surface area contributed by atoms with Gasteiger partial charge in [-0.15, -0.1) is 0 Å². The van der Waals surface area contributed by atoms with Crippen LogP contribution in [0.25, 0.3) is 0 Å². The predicted octanol–water partition coefficient (Wildman–Crippen LogP) is 2.99. The number of rotatable bonds is 3. The number of likely N-dealkylation sites (tertiary alicyclic amines) is 1. The van der Waals surface area contributed by atoms with Crippen LogP contribution in [-0.2, 0) is 11.8 Å². The number of carbonyl (C=O) groups is 1. The number of benzene rings is 1. The number of quaternary nitrogens is 1. The van der Waals surface area contributed by atoms with Crippen molar-refractivity contribution in [2.75, 3.05) is 20.1 Å². The number of hydrogen-bond acceptors (Lipinski definition) is 3. The van der Waals surface area contributed by atoms with Crippen molar-refractivity contribution in [1.82, 2.24) is 0 Å². The summed E-state index contributed by atoms with van der Waals surface area (Å²) in [4.78, 5) is 12.3. The molecule has 4 heteroatoms. The highest BCUT2D eigenvalue weighted by molar-refractivity contribution is 5.98. The number of hydrogen-bond donors (Lipinski definition) is 1. The predicted molar refractivity (Wildman–Crippen MR) is 102 cm³/mol. The van der Waals surface area contributed by atoms with Crippen molar-refractivity contribution in [2.45, 2.75) is 75.0 Å². The van der Waals surface area contributed by atoms with E-state index in [1.54, 1.807) is 6.92 Å². The molecule has 144 valence electrons. The third-order valence-electron chi connectivity index (χ3n) is 8.78. The van der Waals surface area contributed by atoms with Crippen molar-refractivity contribution < 1.29 is 19.1 Å². The molecule has 2 bridgehead atoms. The molecule has 1 spiro atoms. The van der Waals surface area contributed by atoms with Gasteiger partial charge in [-0.05, 0) is 50.7 Å². The van der Waals surface area contributed by atoms with Crippen LogP contribution in [0.1, 0.15) is 66.9 Å². The zero-order valence-corrected chi connectivity index (χ0v) is 16.5. The summed E-state index contributed by atoms with van der Waals surface area (Å²) in [6.45, 7) is 3.96. The molecule has 0 radical (unpaired) electrons. The van der Waals surface area contributed by atoms with Crippen LogP contribution in [0.5, 0.6) is 5.75 Å². The van der Waals surface area contributed by atoms with Gasteiger partial charge in [0.2, 0.25) is 0 Å². The van der Waals surface area contributed by atoms with Gasteiger partial charge in [-0.1, -0.05) is 6.07 Å². The number of Topliss-reactive ketones (excluding diaryl/α,β-unsaturated/α-hetero) is 1. The van der Waals surface area contributed by atoms with Gasteiger partial charge in [0.25, 0.3) is 0 Å². The Morgan fingerprint density at radius 1 is 1.30 bits per heavy atom. The first-order chi connectivity index (χ1) is 12.9. The maximum absolute atomic E-state index is 12.3. The quantitative estimate of drug-likeness (QED) is 0.659. The van der Waals surface area contributed by atoms with E-state index in [-0.39, 0.29) is 23.3 Å². The van der Waals surface area contributed by atoms with Crippen LogP contribution in [0.3, 0.4) is 0 Å². The molecule has 27 heavy (non-hydrogen) atoms. The minimum atomic E-state index is -0.703. The van der Waals surface area contributed by atoms with Crippen LogP contribution in [0, 0.1) is 5.92 Å². The summed E-state index contributed by atoms with van der Waals surface area (Å²) >= 11 is 0. The monoisotopic (exact) mass is 368 g/mol. The van der Waals surface area contributed by atoms with E-state index in [0.717, 1.165) is 54.8 Å². The van der Waals surface area contributed by atoms with Gasteiger partial charge in [-0.3, -0.25) is 4.79 Å². The fourth-order valence-corrected chi connectivity index (χ4v) is 7.44. The molecular formula is C23H30NO3+. The molecule has 0 aromatic heterocycles. The van der Waals surface area contributed by atoms with Crippen molar-refractivity contribution in [3.63, 3.8) is 0 Å². The van der Waals surface area contributed by atoms with E-state index in [1.807, 2.05) is 6.07 Å². The average molecular weight is 368 g/mol.